The Hall–Kier alpha value is 0.0800. The minimum Gasteiger partial charge on any atom is -1.00 e. The summed E-state index contributed by atoms with van der Waals surface area (Å²) < 4.78 is 1.82. The van der Waals surface area contributed by atoms with Crippen LogP contribution in [0.1, 0.15) is 6.92 Å². The lowest BCUT2D eigenvalue weighted by atomic mass is 10.3. The minimum absolute atomic E-state index is 0. The molecule has 13 heavy (non-hydrogen) atoms. The maximum absolute atomic E-state index is 5.98. The van der Waals surface area contributed by atoms with Crippen LogP contribution in [-0.2, 0) is 0 Å². The molecule has 0 saturated carbocycles. The molecule has 0 aliphatic rings. The summed E-state index contributed by atoms with van der Waals surface area (Å²) in [4.78, 5) is 1.82. The van der Waals surface area contributed by atoms with Gasteiger partial charge in [0, 0.05) is 14.1 Å². The van der Waals surface area contributed by atoms with Crippen LogP contribution in [0.5, 0.6) is 0 Å². The normalized spacial score (nSPS) is 11.3. The smallest absolute Gasteiger partial charge is 0.275 e. The Morgan fingerprint density at radius 2 is 1.54 bits per heavy atom. The molecule has 0 aromatic rings. The van der Waals surface area contributed by atoms with Crippen LogP contribution in [0.15, 0.2) is 10.7 Å². The Morgan fingerprint density at radius 3 is 1.77 bits per heavy atom. The SMILES string of the molecule is C/C(C(Cl)=[N+](C)C)=C(/Cl)N(C)C.[Cl-]. The molecule has 0 aromatic heterocycles. The molecule has 0 fully saturated rings. The molecule has 2 nitrogen and oxygen atoms in total. The van der Waals surface area contributed by atoms with Crippen LogP contribution in [-0.4, -0.2) is 42.8 Å². The number of halogens is 3. The maximum Gasteiger partial charge on any atom is 0.275 e. The summed E-state index contributed by atoms with van der Waals surface area (Å²) in [5, 5.41) is 1.32. The van der Waals surface area contributed by atoms with E-state index in [1.165, 1.54) is 0 Å². The van der Waals surface area contributed by atoms with Crippen molar-refractivity contribution in [3.63, 3.8) is 0 Å². The average Bonchev–Trinajstić information content (AvgIpc) is 2.00. The number of allylic oxidation sites excluding steroid dienone is 1. The van der Waals surface area contributed by atoms with Crippen LogP contribution >= 0.6 is 23.2 Å². The third-order valence-corrected chi connectivity index (χ3v) is 2.65. The van der Waals surface area contributed by atoms with E-state index >= 15 is 0 Å². The molecule has 0 amide bonds. The third kappa shape index (κ3) is 4.75. The molecular formula is C8H15Cl3N2. The van der Waals surface area contributed by atoms with Gasteiger partial charge in [0.2, 0.25) is 0 Å². The first kappa shape index (κ1) is 15.5. The lowest BCUT2D eigenvalue weighted by molar-refractivity contribution is -0.461. The van der Waals surface area contributed by atoms with Crippen molar-refractivity contribution in [1.82, 2.24) is 4.90 Å². The van der Waals surface area contributed by atoms with Crippen molar-refractivity contribution in [3.05, 3.63) is 10.7 Å². The summed E-state index contributed by atoms with van der Waals surface area (Å²) in [5.74, 6) is 0. The predicted octanol–water partition coefficient (Wildman–Crippen LogP) is -1.07. The second-order valence-corrected chi connectivity index (χ2v) is 3.71. The molecule has 5 heteroatoms. The fourth-order valence-electron chi connectivity index (χ4n) is 0.756. The molecule has 0 heterocycles. The van der Waals surface area contributed by atoms with Crippen molar-refractivity contribution in [1.29, 1.82) is 0 Å². The van der Waals surface area contributed by atoms with E-state index in [1.807, 2.05) is 44.6 Å². The Labute approximate surface area is 96.2 Å². The van der Waals surface area contributed by atoms with Gasteiger partial charge < -0.3 is 17.3 Å². The first-order valence-electron chi connectivity index (χ1n) is 3.61. The zero-order valence-electron chi connectivity index (χ0n) is 8.53. The quantitative estimate of drug-likeness (QED) is 0.341. The van der Waals surface area contributed by atoms with Crippen LogP contribution < -0.4 is 12.4 Å². The monoisotopic (exact) mass is 244 g/mol. The molecule has 0 atom stereocenters. The van der Waals surface area contributed by atoms with E-state index in [9.17, 15) is 0 Å². The lowest BCUT2D eigenvalue weighted by Gasteiger charge is -2.11. The van der Waals surface area contributed by atoms with Crippen LogP contribution in [0.3, 0.4) is 0 Å². The van der Waals surface area contributed by atoms with Gasteiger partial charge in [0.25, 0.3) is 5.17 Å². The Kier molecular flexibility index (Phi) is 7.80. The topological polar surface area (TPSA) is 6.25 Å². The lowest BCUT2D eigenvalue weighted by Crippen LogP contribution is -3.00. The summed E-state index contributed by atoms with van der Waals surface area (Å²) >= 11 is 12.0. The Morgan fingerprint density at radius 1 is 1.15 bits per heavy atom. The van der Waals surface area contributed by atoms with E-state index in [2.05, 4.69) is 0 Å². The van der Waals surface area contributed by atoms with Gasteiger partial charge in [-0.1, -0.05) is 11.6 Å². The van der Waals surface area contributed by atoms with Gasteiger partial charge in [-0.25, -0.2) is 4.58 Å². The van der Waals surface area contributed by atoms with Crippen molar-refractivity contribution in [2.45, 2.75) is 6.92 Å². The largest absolute Gasteiger partial charge is 1.00 e. The highest BCUT2D eigenvalue weighted by Gasteiger charge is 2.12. The molecule has 0 aliphatic carbocycles. The number of hydrogen-bond acceptors (Lipinski definition) is 1. The van der Waals surface area contributed by atoms with Crippen molar-refractivity contribution in [2.24, 2.45) is 0 Å². The zero-order valence-corrected chi connectivity index (χ0v) is 10.8. The minimum atomic E-state index is 0. The third-order valence-electron chi connectivity index (χ3n) is 1.40. The summed E-state index contributed by atoms with van der Waals surface area (Å²) in [7, 11) is 7.52. The van der Waals surface area contributed by atoms with Gasteiger partial charge in [0.15, 0.2) is 0 Å². The molecule has 0 N–H and O–H groups in total. The number of nitrogens with zero attached hydrogens (tertiary/aromatic N) is 2. The Balaban J connectivity index is 0. The molecular weight excluding hydrogens is 230 g/mol. The molecule has 0 spiro atoms. The highest BCUT2D eigenvalue weighted by Crippen LogP contribution is 2.14. The zero-order chi connectivity index (χ0) is 9.89. The number of rotatable bonds is 2. The van der Waals surface area contributed by atoms with E-state index in [-0.39, 0.29) is 12.4 Å². The second kappa shape index (κ2) is 6.52. The molecule has 0 aromatic carbocycles. The van der Waals surface area contributed by atoms with Gasteiger partial charge in [-0.15, -0.1) is 0 Å². The first-order chi connectivity index (χ1) is 5.37. The summed E-state index contributed by atoms with van der Waals surface area (Å²) in [5.41, 5.74) is 0.883. The van der Waals surface area contributed by atoms with E-state index < -0.39 is 0 Å². The van der Waals surface area contributed by atoms with Gasteiger partial charge in [-0.2, -0.15) is 0 Å². The standard InChI is InChI=1S/C8H15Cl2N2.ClH/c1-6(7(9)11(2)3)8(10)12(4)5;/h1-5H3;1H/q+1;/p-1. The predicted molar refractivity (Wildman–Crippen MR) is 55.2 cm³/mol. The molecule has 78 valence electrons. The van der Waals surface area contributed by atoms with Crippen molar-refractivity contribution >= 4 is 28.4 Å². The van der Waals surface area contributed by atoms with Crippen LogP contribution in [0.4, 0.5) is 0 Å². The summed E-state index contributed by atoms with van der Waals surface area (Å²) in [6, 6.07) is 0. The van der Waals surface area contributed by atoms with Crippen LogP contribution in [0.25, 0.3) is 0 Å². The van der Waals surface area contributed by atoms with Gasteiger partial charge >= 0.3 is 0 Å². The van der Waals surface area contributed by atoms with Crippen molar-refractivity contribution in [2.75, 3.05) is 28.2 Å². The molecule has 0 radical (unpaired) electrons. The van der Waals surface area contributed by atoms with Crippen LogP contribution in [0.2, 0.25) is 0 Å². The first-order valence-corrected chi connectivity index (χ1v) is 4.37. The van der Waals surface area contributed by atoms with Gasteiger partial charge in [0.1, 0.15) is 19.3 Å². The van der Waals surface area contributed by atoms with E-state index in [4.69, 9.17) is 23.2 Å². The van der Waals surface area contributed by atoms with E-state index in [0.29, 0.717) is 10.3 Å². The Bertz CT molecular complexity index is 228. The van der Waals surface area contributed by atoms with Crippen molar-refractivity contribution < 1.29 is 17.0 Å². The van der Waals surface area contributed by atoms with Gasteiger partial charge in [-0.3, -0.25) is 0 Å². The molecule has 0 unspecified atom stereocenters. The molecule has 0 aliphatic heterocycles. The molecule has 0 saturated heterocycles. The average molecular weight is 246 g/mol. The molecule has 0 rings (SSSR count). The van der Waals surface area contributed by atoms with Gasteiger partial charge in [0.05, 0.1) is 5.57 Å². The van der Waals surface area contributed by atoms with Gasteiger partial charge in [-0.05, 0) is 18.5 Å². The number of hydrogen-bond donors (Lipinski definition) is 0. The highest BCUT2D eigenvalue weighted by molar-refractivity contribution is 6.68. The fourth-order valence-corrected chi connectivity index (χ4v) is 0.983. The second-order valence-electron chi connectivity index (χ2n) is 3.00. The van der Waals surface area contributed by atoms with Crippen LogP contribution in [0, 0.1) is 0 Å². The highest BCUT2D eigenvalue weighted by atomic mass is 35.5. The van der Waals surface area contributed by atoms with E-state index in [0.717, 1.165) is 5.57 Å². The van der Waals surface area contributed by atoms with E-state index in [1.54, 1.807) is 0 Å². The summed E-state index contributed by atoms with van der Waals surface area (Å²) in [6.07, 6.45) is 0. The van der Waals surface area contributed by atoms with Crippen molar-refractivity contribution in [3.8, 4) is 0 Å². The fraction of sp³-hybridized carbons (Fsp3) is 0.625. The maximum atomic E-state index is 5.98. The summed E-state index contributed by atoms with van der Waals surface area (Å²) in [6.45, 7) is 1.89. The molecule has 0 bridgehead atoms.